The topological polar surface area (TPSA) is 55.8 Å². The first kappa shape index (κ1) is 17.2. The number of methoxy groups -OCH3 is 1. The lowest BCUT2D eigenvalue weighted by atomic mass is 9.88. The predicted molar refractivity (Wildman–Crippen MR) is 97.2 cm³/mol. The van der Waals surface area contributed by atoms with Gasteiger partial charge in [-0.05, 0) is 37.6 Å². The van der Waals surface area contributed by atoms with E-state index in [-0.39, 0.29) is 5.78 Å². The second-order valence-electron chi connectivity index (χ2n) is 6.66. The first-order valence-electron chi connectivity index (χ1n) is 8.27. The molecular weight excluding hydrogens is 316 g/mol. The molecule has 0 aromatic heterocycles. The van der Waals surface area contributed by atoms with Crippen molar-refractivity contribution in [3.8, 4) is 11.5 Å². The number of benzene rings is 2. The van der Waals surface area contributed by atoms with Gasteiger partial charge in [-0.15, -0.1) is 0 Å². The van der Waals surface area contributed by atoms with Crippen LogP contribution in [0.5, 0.6) is 11.5 Å². The van der Waals surface area contributed by atoms with Crippen LogP contribution >= 0.6 is 0 Å². The smallest absolute Gasteiger partial charge is 0.189 e. The number of aliphatic hydroxyl groups is 1. The zero-order chi connectivity index (χ0) is 18.0. The van der Waals surface area contributed by atoms with Gasteiger partial charge in [0.1, 0.15) is 17.1 Å². The van der Waals surface area contributed by atoms with Crippen LogP contribution in [0.3, 0.4) is 0 Å². The molecule has 1 aliphatic rings. The van der Waals surface area contributed by atoms with Crippen molar-refractivity contribution in [1.29, 1.82) is 0 Å². The van der Waals surface area contributed by atoms with Gasteiger partial charge >= 0.3 is 0 Å². The maximum Gasteiger partial charge on any atom is 0.189 e. The van der Waals surface area contributed by atoms with Gasteiger partial charge in [-0.2, -0.15) is 0 Å². The Balaban J connectivity index is 1.99. The molecule has 0 aliphatic carbocycles. The number of carbonyl (C=O) groups excluding carboxylic acids is 1. The van der Waals surface area contributed by atoms with Crippen molar-refractivity contribution < 1.29 is 19.4 Å². The van der Waals surface area contributed by atoms with Crippen LogP contribution in [0.25, 0.3) is 6.08 Å². The Morgan fingerprint density at radius 2 is 1.96 bits per heavy atom. The third kappa shape index (κ3) is 3.44. The Morgan fingerprint density at radius 3 is 2.64 bits per heavy atom. The van der Waals surface area contributed by atoms with E-state index in [1.165, 1.54) is 0 Å². The van der Waals surface area contributed by atoms with Crippen molar-refractivity contribution in [2.75, 3.05) is 7.11 Å². The highest BCUT2D eigenvalue weighted by atomic mass is 16.5. The summed E-state index contributed by atoms with van der Waals surface area (Å²) in [4.78, 5) is 12.7. The number of fused-ring (bicyclic) bond motifs is 1. The number of aliphatic hydroxyl groups excluding tert-OH is 1. The molecule has 0 amide bonds. The summed E-state index contributed by atoms with van der Waals surface area (Å²) >= 11 is 0. The molecule has 4 nitrogen and oxygen atoms in total. The number of carbonyl (C=O) groups is 1. The van der Waals surface area contributed by atoms with E-state index in [2.05, 4.69) is 0 Å². The second kappa shape index (κ2) is 6.73. The van der Waals surface area contributed by atoms with Gasteiger partial charge in [0, 0.05) is 12.0 Å². The van der Waals surface area contributed by atoms with Gasteiger partial charge in [-0.1, -0.05) is 36.4 Å². The first-order chi connectivity index (χ1) is 11.9. The molecule has 0 saturated carbocycles. The van der Waals surface area contributed by atoms with Crippen LogP contribution in [0.15, 0.2) is 48.5 Å². The normalized spacial score (nSPS) is 18.5. The van der Waals surface area contributed by atoms with E-state index in [9.17, 15) is 9.90 Å². The quantitative estimate of drug-likeness (QED) is 0.683. The molecule has 1 aliphatic heterocycles. The minimum Gasteiger partial charge on any atom is -0.496 e. The van der Waals surface area contributed by atoms with E-state index in [0.29, 0.717) is 23.5 Å². The van der Waals surface area contributed by atoms with Crippen molar-refractivity contribution in [3.05, 3.63) is 65.2 Å². The summed E-state index contributed by atoms with van der Waals surface area (Å²) in [6.45, 7) is 3.63. The number of hydrogen-bond acceptors (Lipinski definition) is 4. The molecular formula is C21H22O4. The molecule has 1 heterocycles. The number of allylic oxidation sites excluding steroid dienone is 1. The van der Waals surface area contributed by atoms with E-state index < -0.39 is 11.7 Å². The fourth-order valence-electron chi connectivity index (χ4n) is 2.90. The number of ketones is 1. The van der Waals surface area contributed by atoms with Crippen LogP contribution in [-0.2, 0) is 6.42 Å². The minimum absolute atomic E-state index is 0.144. The molecule has 1 N–H and O–H groups in total. The van der Waals surface area contributed by atoms with Gasteiger partial charge in [-0.3, -0.25) is 4.79 Å². The zero-order valence-corrected chi connectivity index (χ0v) is 14.7. The van der Waals surface area contributed by atoms with Gasteiger partial charge in [0.15, 0.2) is 5.78 Å². The molecule has 0 spiro atoms. The lowest BCUT2D eigenvalue weighted by molar-refractivity contribution is -0.0420. The Hall–Kier alpha value is -2.59. The largest absolute Gasteiger partial charge is 0.496 e. The third-order valence-corrected chi connectivity index (χ3v) is 4.49. The van der Waals surface area contributed by atoms with E-state index in [4.69, 9.17) is 9.47 Å². The van der Waals surface area contributed by atoms with Crippen molar-refractivity contribution in [2.24, 2.45) is 0 Å². The highest BCUT2D eigenvalue weighted by Crippen LogP contribution is 2.41. The standard InChI is InChI=1S/C21H22O4/c1-21(2)19(23)13-16-18(24-3)12-10-15(20(16)25-21)17(22)11-9-14-7-5-4-6-8-14/h4-12,19,23H,13H2,1-3H3/b11-9+/t19-/m0/s1. The summed E-state index contributed by atoms with van der Waals surface area (Å²) in [5.41, 5.74) is 1.39. The number of hydrogen-bond donors (Lipinski definition) is 1. The fourth-order valence-corrected chi connectivity index (χ4v) is 2.90. The van der Waals surface area contributed by atoms with E-state index in [0.717, 1.165) is 11.1 Å². The summed E-state index contributed by atoms with van der Waals surface area (Å²) in [5, 5.41) is 10.3. The maximum atomic E-state index is 12.7. The zero-order valence-electron chi connectivity index (χ0n) is 14.7. The second-order valence-corrected chi connectivity index (χ2v) is 6.66. The molecule has 25 heavy (non-hydrogen) atoms. The van der Waals surface area contributed by atoms with Crippen LogP contribution in [0, 0.1) is 0 Å². The van der Waals surface area contributed by atoms with E-state index >= 15 is 0 Å². The van der Waals surface area contributed by atoms with Crippen LogP contribution < -0.4 is 9.47 Å². The molecule has 0 bridgehead atoms. The molecule has 130 valence electrons. The van der Waals surface area contributed by atoms with Crippen molar-refractivity contribution in [3.63, 3.8) is 0 Å². The molecule has 0 unspecified atom stereocenters. The lowest BCUT2D eigenvalue weighted by Crippen LogP contribution is -2.46. The van der Waals surface area contributed by atoms with Gasteiger partial charge in [0.05, 0.1) is 18.8 Å². The summed E-state index contributed by atoms with van der Waals surface area (Å²) in [6.07, 6.45) is 3.04. The maximum absolute atomic E-state index is 12.7. The molecule has 3 rings (SSSR count). The third-order valence-electron chi connectivity index (χ3n) is 4.49. The monoisotopic (exact) mass is 338 g/mol. The molecule has 2 aromatic carbocycles. The molecule has 2 aromatic rings. The molecule has 0 saturated heterocycles. The lowest BCUT2D eigenvalue weighted by Gasteiger charge is -2.38. The molecule has 4 heteroatoms. The summed E-state index contributed by atoms with van der Waals surface area (Å²) in [6, 6.07) is 13.1. The van der Waals surface area contributed by atoms with E-state index in [1.807, 2.05) is 44.2 Å². The van der Waals surface area contributed by atoms with Crippen molar-refractivity contribution >= 4 is 11.9 Å². The SMILES string of the molecule is COc1ccc(C(=O)/C=C/c2ccccc2)c2c1C[C@H](O)C(C)(C)O2. The Morgan fingerprint density at radius 1 is 1.24 bits per heavy atom. The van der Waals surface area contributed by atoms with Crippen LogP contribution in [0.2, 0.25) is 0 Å². The Labute approximate surface area is 147 Å². The Bertz CT molecular complexity index is 806. The van der Waals surface area contributed by atoms with Crippen LogP contribution in [0.1, 0.15) is 35.3 Å². The summed E-state index contributed by atoms with van der Waals surface area (Å²) < 4.78 is 11.4. The average Bonchev–Trinajstić information content (AvgIpc) is 2.60. The summed E-state index contributed by atoms with van der Waals surface area (Å²) in [7, 11) is 1.57. The van der Waals surface area contributed by atoms with Crippen molar-refractivity contribution in [1.82, 2.24) is 0 Å². The van der Waals surface area contributed by atoms with Crippen LogP contribution in [0.4, 0.5) is 0 Å². The highest BCUT2D eigenvalue weighted by Gasteiger charge is 2.38. The Kier molecular flexibility index (Phi) is 4.64. The van der Waals surface area contributed by atoms with Crippen molar-refractivity contribution in [2.45, 2.75) is 32.0 Å². The molecule has 1 atom stereocenters. The van der Waals surface area contributed by atoms with E-state index in [1.54, 1.807) is 31.4 Å². The van der Waals surface area contributed by atoms with Gasteiger partial charge in [0.25, 0.3) is 0 Å². The van der Waals surface area contributed by atoms with Gasteiger partial charge in [-0.25, -0.2) is 0 Å². The fraction of sp³-hybridized carbons (Fsp3) is 0.286. The van der Waals surface area contributed by atoms with Gasteiger partial charge < -0.3 is 14.6 Å². The minimum atomic E-state index is -0.766. The number of rotatable bonds is 4. The highest BCUT2D eigenvalue weighted by molar-refractivity contribution is 6.09. The number of ether oxygens (including phenoxy) is 2. The summed E-state index contributed by atoms with van der Waals surface area (Å²) in [5.74, 6) is 0.973. The van der Waals surface area contributed by atoms with Crippen LogP contribution in [-0.4, -0.2) is 29.7 Å². The molecule has 0 radical (unpaired) electrons. The van der Waals surface area contributed by atoms with Gasteiger partial charge in [0.2, 0.25) is 0 Å². The predicted octanol–water partition coefficient (Wildman–Crippen LogP) is 3.67. The average molecular weight is 338 g/mol. The molecule has 0 fully saturated rings. The first-order valence-corrected chi connectivity index (χ1v) is 8.27.